The molecule has 92 valence electrons. The van der Waals surface area contributed by atoms with Crippen LogP contribution in [0, 0.1) is 5.92 Å². The van der Waals surface area contributed by atoms with Crippen molar-refractivity contribution in [2.75, 3.05) is 19.8 Å². The highest BCUT2D eigenvalue weighted by Gasteiger charge is 2.32. The first kappa shape index (κ1) is 11.9. The molecule has 2 rings (SSSR count). The van der Waals surface area contributed by atoms with Crippen LogP contribution in [0.4, 0.5) is 0 Å². The molecule has 1 heterocycles. The summed E-state index contributed by atoms with van der Waals surface area (Å²) in [5.41, 5.74) is 0. The largest absolute Gasteiger partial charge is 0.481 e. The Morgan fingerprint density at radius 1 is 1.56 bits per heavy atom. The minimum Gasteiger partial charge on any atom is -0.481 e. The molecule has 4 nitrogen and oxygen atoms in total. The molecule has 0 aromatic carbocycles. The molecule has 1 saturated carbocycles. The molecule has 1 aliphatic carbocycles. The zero-order valence-electron chi connectivity index (χ0n) is 9.89. The van der Waals surface area contributed by atoms with Gasteiger partial charge in [-0.3, -0.25) is 9.69 Å². The van der Waals surface area contributed by atoms with Crippen molar-refractivity contribution >= 4 is 5.97 Å². The number of ether oxygens (including phenoxy) is 1. The zero-order chi connectivity index (χ0) is 11.5. The minimum atomic E-state index is -0.723. The summed E-state index contributed by atoms with van der Waals surface area (Å²) in [5.74, 6) is 0.169. The highest BCUT2D eigenvalue weighted by molar-refractivity contribution is 5.67. The number of nitrogens with zero attached hydrogens (tertiary/aromatic N) is 1. The number of carboxylic acids is 1. The topological polar surface area (TPSA) is 49.8 Å². The standard InChI is InChI=1S/C12H21NO3/c1-9(6-10-2-3-10)13-4-5-16-8-11(13)7-12(14)15/h9-11H,2-8H2,1H3,(H,14,15). The van der Waals surface area contributed by atoms with Crippen LogP contribution in [-0.4, -0.2) is 47.8 Å². The van der Waals surface area contributed by atoms with Crippen LogP contribution in [0.15, 0.2) is 0 Å². The second-order valence-corrected chi connectivity index (χ2v) is 5.09. The molecule has 2 fully saturated rings. The molecule has 0 bridgehead atoms. The Morgan fingerprint density at radius 2 is 2.31 bits per heavy atom. The summed E-state index contributed by atoms with van der Waals surface area (Å²) >= 11 is 0. The first-order valence-corrected chi connectivity index (χ1v) is 6.22. The molecule has 2 unspecified atom stereocenters. The van der Waals surface area contributed by atoms with E-state index in [4.69, 9.17) is 9.84 Å². The second kappa shape index (κ2) is 5.15. The number of rotatable bonds is 5. The van der Waals surface area contributed by atoms with Crippen LogP contribution in [0.2, 0.25) is 0 Å². The van der Waals surface area contributed by atoms with Crippen molar-refractivity contribution in [3.05, 3.63) is 0 Å². The fourth-order valence-corrected chi connectivity index (χ4v) is 2.60. The number of carboxylic acid groups (broad SMARTS) is 1. The smallest absolute Gasteiger partial charge is 0.305 e. The van der Waals surface area contributed by atoms with Crippen molar-refractivity contribution in [2.45, 2.75) is 44.7 Å². The lowest BCUT2D eigenvalue weighted by atomic mass is 10.0. The van der Waals surface area contributed by atoms with E-state index in [1.54, 1.807) is 0 Å². The van der Waals surface area contributed by atoms with E-state index in [0.717, 1.165) is 19.1 Å². The predicted molar refractivity (Wildman–Crippen MR) is 60.4 cm³/mol. The number of hydrogen-bond donors (Lipinski definition) is 1. The summed E-state index contributed by atoms with van der Waals surface area (Å²) in [6, 6.07) is 0.570. The van der Waals surface area contributed by atoms with Gasteiger partial charge in [-0.25, -0.2) is 0 Å². The molecule has 2 atom stereocenters. The summed E-state index contributed by atoms with van der Waals surface area (Å²) in [7, 11) is 0. The van der Waals surface area contributed by atoms with Crippen LogP contribution >= 0.6 is 0 Å². The molecular formula is C12H21NO3. The van der Waals surface area contributed by atoms with Gasteiger partial charge < -0.3 is 9.84 Å². The summed E-state index contributed by atoms with van der Waals surface area (Å²) in [6.45, 7) is 4.41. The van der Waals surface area contributed by atoms with Gasteiger partial charge in [0.2, 0.25) is 0 Å². The van der Waals surface area contributed by atoms with E-state index in [1.165, 1.54) is 19.3 Å². The molecule has 4 heteroatoms. The molecule has 2 aliphatic rings. The molecule has 0 amide bonds. The molecular weight excluding hydrogens is 206 g/mol. The number of aliphatic carboxylic acids is 1. The van der Waals surface area contributed by atoms with E-state index in [1.807, 2.05) is 0 Å². The Balaban J connectivity index is 1.88. The van der Waals surface area contributed by atoms with E-state index in [-0.39, 0.29) is 12.5 Å². The second-order valence-electron chi connectivity index (χ2n) is 5.09. The molecule has 16 heavy (non-hydrogen) atoms. The average Bonchev–Trinajstić information content (AvgIpc) is 3.01. The van der Waals surface area contributed by atoms with Gasteiger partial charge in [0, 0.05) is 18.6 Å². The van der Waals surface area contributed by atoms with E-state index < -0.39 is 5.97 Å². The van der Waals surface area contributed by atoms with Gasteiger partial charge in [0.05, 0.1) is 19.6 Å². The van der Waals surface area contributed by atoms with E-state index in [9.17, 15) is 4.79 Å². The van der Waals surface area contributed by atoms with Gasteiger partial charge in [-0.05, 0) is 19.3 Å². The SMILES string of the molecule is CC(CC1CC1)N1CCOCC1CC(=O)O. The lowest BCUT2D eigenvalue weighted by Crippen LogP contribution is -2.50. The van der Waals surface area contributed by atoms with E-state index in [0.29, 0.717) is 12.6 Å². The maximum atomic E-state index is 10.8. The first-order valence-electron chi connectivity index (χ1n) is 6.22. The quantitative estimate of drug-likeness (QED) is 0.770. The Labute approximate surface area is 96.6 Å². The molecule has 0 radical (unpaired) electrons. The van der Waals surface area contributed by atoms with Crippen LogP contribution in [0.25, 0.3) is 0 Å². The Kier molecular flexibility index (Phi) is 3.82. The van der Waals surface area contributed by atoms with Crippen molar-refractivity contribution in [3.63, 3.8) is 0 Å². The minimum absolute atomic E-state index is 0.0694. The van der Waals surface area contributed by atoms with Gasteiger partial charge in [-0.1, -0.05) is 12.8 Å². The zero-order valence-corrected chi connectivity index (χ0v) is 9.89. The van der Waals surface area contributed by atoms with Gasteiger partial charge in [-0.15, -0.1) is 0 Å². The van der Waals surface area contributed by atoms with Gasteiger partial charge in [0.1, 0.15) is 0 Å². The highest BCUT2D eigenvalue weighted by atomic mass is 16.5. The van der Waals surface area contributed by atoms with E-state index >= 15 is 0 Å². The third-order valence-corrected chi connectivity index (χ3v) is 3.62. The Morgan fingerprint density at radius 3 is 2.94 bits per heavy atom. The number of morpholine rings is 1. The first-order chi connectivity index (χ1) is 7.66. The normalized spacial score (nSPS) is 28.9. The summed E-state index contributed by atoms with van der Waals surface area (Å²) < 4.78 is 5.38. The van der Waals surface area contributed by atoms with Gasteiger partial charge in [-0.2, -0.15) is 0 Å². The van der Waals surface area contributed by atoms with Crippen LogP contribution in [0.5, 0.6) is 0 Å². The van der Waals surface area contributed by atoms with Crippen LogP contribution < -0.4 is 0 Å². The van der Waals surface area contributed by atoms with Crippen molar-refractivity contribution in [1.29, 1.82) is 0 Å². The molecule has 0 aromatic heterocycles. The third kappa shape index (κ3) is 3.19. The summed E-state index contributed by atoms with van der Waals surface area (Å²) in [5, 5.41) is 8.88. The molecule has 1 N–H and O–H groups in total. The van der Waals surface area contributed by atoms with Crippen LogP contribution in [0.3, 0.4) is 0 Å². The summed E-state index contributed by atoms with van der Waals surface area (Å²) in [4.78, 5) is 13.1. The van der Waals surface area contributed by atoms with Crippen molar-refractivity contribution in [1.82, 2.24) is 4.90 Å². The monoisotopic (exact) mass is 227 g/mol. The molecule has 1 saturated heterocycles. The van der Waals surface area contributed by atoms with Crippen molar-refractivity contribution in [2.24, 2.45) is 5.92 Å². The van der Waals surface area contributed by atoms with Crippen LogP contribution in [-0.2, 0) is 9.53 Å². The van der Waals surface area contributed by atoms with E-state index in [2.05, 4.69) is 11.8 Å². The molecule has 0 aromatic rings. The lowest BCUT2D eigenvalue weighted by Gasteiger charge is -2.39. The predicted octanol–water partition coefficient (Wildman–Crippen LogP) is 1.35. The van der Waals surface area contributed by atoms with Gasteiger partial charge in [0.15, 0.2) is 0 Å². The third-order valence-electron chi connectivity index (χ3n) is 3.62. The Hall–Kier alpha value is -0.610. The fourth-order valence-electron chi connectivity index (χ4n) is 2.60. The van der Waals surface area contributed by atoms with Gasteiger partial charge in [0.25, 0.3) is 0 Å². The highest BCUT2D eigenvalue weighted by Crippen LogP contribution is 2.35. The van der Waals surface area contributed by atoms with Crippen molar-refractivity contribution in [3.8, 4) is 0 Å². The maximum Gasteiger partial charge on any atom is 0.305 e. The van der Waals surface area contributed by atoms with Gasteiger partial charge >= 0.3 is 5.97 Å². The fraction of sp³-hybridized carbons (Fsp3) is 0.917. The average molecular weight is 227 g/mol. The number of carbonyl (C=O) groups is 1. The Bertz CT molecular complexity index is 253. The summed E-state index contributed by atoms with van der Waals surface area (Å²) in [6.07, 6.45) is 4.14. The molecule has 1 aliphatic heterocycles. The lowest BCUT2D eigenvalue weighted by molar-refractivity contribution is -0.140. The molecule has 0 spiro atoms. The van der Waals surface area contributed by atoms with Crippen LogP contribution in [0.1, 0.15) is 32.6 Å². The van der Waals surface area contributed by atoms with Crippen molar-refractivity contribution < 1.29 is 14.6 Å². The maximum absolute atomic E-state index is 10.8. The number of hydrogen-bond acceptors (Lipinski definition) is 3.